The molecule has 1 aromatic carbocycles. The van der Waals surface area contributed by atoms with E-state index in [1.807, 2.05) is 18.2 Å². The van der Waals surface area contributed by atoms with Crippen molar-refractivity contribution < 1.29 is 0 Å². The van der Waals surface area contributed by atoms with Crippen molar-refractivity contribution in [1.29, 1.82) is 0 Å². The summed E-state index contributed by atoms with van der Waals surface area (Å²) in [6, 6.07) is 5.73. The minimum Gasteiger partial charge on any atom is -0.115 e. The molecule has 2 heteroatoms. The van der Waals surface area contributed by atoms with Crippen LogP contribution in [0.2, 0.25) is 0 Å². The van der Waals surface area contributed by atoms with Crippen molar-refractivity contribution in [3.05, 3.63) is 32.7 Å². The molecule has 0 spiro atoms. The van der Waals surface area contributed by atoms with Crippen molar-refractivity contribution in [3.63, 3.8) is 0 Å². The third-order valence-electron chi connectivity index (χ3n) is 1.03. The molecule has 0 amide bonds. The van der Waals surface area contributed by atoms with Gasteiger partial charge in [0.05, 0.1) is 0 Å². The van der Waals surface area contributed by atoms with Crippen molar-refractivity contribution in [2.24, 2.45) is 0 Å². The van der Waals surface area contributed by atoms with Gasteiger partial charge in [0, 0.05) is 14.5 Å². The molecule has 0 fully saturated rings. The van der Waals surface area contributed by atoms with E-state index in [1.165, 1.54) is 0 Å². The molecule has 0 radical (unpaired) electrons. The molecule has 50 valence electrons. The van der Waals surface area contributed by atoms with Gasteiger partial charge in [0.2, 0.25) is 0 Å². The Labute approximate surface area is 76.9 Å². The van der Waals surface area contributed by atoms with Gasteiger partial charge in [0.15, 0.2) is 0 Å². The third-order valence-corrected chi connectivity index (χ3v) is 1.94. The summed E-state index contributed by atoms with van der Waals surface area (Å²) in [5.41, 5.74) is 0.876. The van der Waals surface area contributed by atoms with Crippen LogP contribution in [-0.2, 0) is 0 Å². The molecule has 0 saturated carbocycles. The highest BCUT2D eigenvalue weighted by atomic mass is 79.9. The van der Waals surface area contributed by atoms with Crippen LogP contribution in [0.15, 0.2) is 27.1 Å². The highest BCUT2D eigenvalue weighted by Crippen LogP contribution is 2.19. The first-order chi connectivity index (χ1) is 4.72. The molecule has 0 atom stereocenters. The van der Waals surface area contributed by atoms with E-state index in [0.717, 1.165) is 14.5 Å². The first-order valence-electron chi connectivity index (χ1n) is 2.65. The van der Waals surface area contributed by atoms with Crippen LogP contribution in [0, 0.1) is 12.3 Å². The van der Waals surface area contributed by atoms with Crippen LogP contribution in [0.5, 0.6) is 0 Å². The van der Waals surface area contributed by atoms with Crippen molar-refractivity contribution in [2.45, 2.75) is 0 Å². The Hall–Kier alpha value is -0.260. The van der Waals surface area contributed by atoms with Crippen molar-refractivity contribution >= 4 is 31.9 Å². The summed E-state index contributed by atoms with van der Waals surface area (Å²) in [7, 11) is 0. The predicted octanol–water partition coefficient (Wildman–Crippen LogP) is 3.19. The second-order valence-corrected chi connectivity index (χ2v) is 3.63. The Balaban J connectivity index is 3.22. The van der Waals surface area contributed by atoms with E-state index in [2.05, 4.69) is 37.8 Å². The van der Waals surface area contributed by atoms with E-state index in [9.17, 15) is 0 Å². The number of benzene rings is 1. The number of hydrogen-bond donors (Lipinski definition) is 0. The molecule has 0 nitrogen and oxygen atoms in total. The minimum atomic E-state index is 0.876. The van der Waals surface area contributed by atoms with Gasteiger partial charge in [0.25, 0.3) is 0 Å². The van der Waals surface area contributed by atoms with Gasteiger partial charge in [-0.25, -0.2) is 0 Å². The Morgan fingerprint density at radius 2 is 1.60 bits per heavy atom. The standard InChI is InChI=1S/C8H4Br2/c1-2-6-3-7(9)5-8(10)4-6/h1,3-5H. The van der Waals surface area contributed by atoms with Crippen LogP contribution >= 0.6 is 31.9 Å². The summed E-state index contributed by atoms with van der Waals surface area (Å²) in [4.78, 5) is 0. The van der Waals surface area contributed by atoms with E-state index < -0.39 is 0 Å². The molecule has 0 saturated heterocycles. The van der Waals surface area contributed by atoms with Crippen LogP contribution in [0.4, 0.5) is 0 Å². The molecule has 10 heavy (non-hydrogen) atoms. The van der Waals surface area contributed by atoms with Gasteiger partial charge >= 0.3 is 0 Å². The van der Waals surface area contributed by atoms with Gasteiger partial charge in [-0.15, -0.1) is 6.42 Å². The second kappa shape index (κ2) is 3.23. The van der Waals surface area contributed by atoms with E-state index in [-0.39, 0.29) is 0 Å². The summed E-state index contributed by atoms with van der Waals surface area (Å²) in [5.74, 6) is 2.55. The Bertz CT molecular complexity index is 264. The summed E-state index contributed by atoms with van der Waals surface area (Å²) in [6.45, 7) is 0. The largest absolute Gasteiger partial charge is 0.115 e. The van der Waals surface area contributed by atoms with Crippen LogP contribution in [0.1, 0.15) is 5.56 Å². The van der Waals surface area contributed by atoms with Gasteiger partial charge in [-0.05, 0) is 18.2 Å². The van der Waals surface area contributed by atoms with Gasteiger partial charge in [-0.3, -0.25) is 0 Å². The monoisotopic (exact) mass is 258 g/mol. The topological polar surface area (TPSA) is 0 Å². The maximum atomic E-state index is 5.20. The molecule has 1 rings (SSSR count). The summed E-state index contributed by atoms with van der Waals surface area (Å²) in [5, 5.41) is 0. The molecule has 0 bridgehead atoms. The highest BCUT2D eigenvalue weighted by Gasteiger charge is 1.92. The molecule has 0 unspecified atom stereocenters. The molecule has 0 aliphatic carbocycles. The van der Waals surface area contributed by atoms with Crippen molar-refractivity contribution in [1.82, 2.24) is 0 Å². The van der Waals surface area contributed by atoms with Crippen LogP contribution in [0.3, 0.4) is 0 Å². The number of rotatable bonds is 0. The number of terminal acetylenes is 1. The molecule has 0 heterocycles. The lowest BCUT2D eigenvalue weighted by atomic mass is 10.2. The molecule has 1 aromatic rings. The fourth-order valence-corrected chi connectivity index (χ4v) is 1.93. The SMILES string of the molecule is C#Cc1cc(Br)cc(Br)c1. The zero-order valence-corrected chi connectivity index (χ0v) is 8.24. The minimum absolute atomic E-state index is 0.876. The quantitative estimate of drug-likeness (QED) is 0.628. The maximum absolute atomic E-state index is 5.20. The lowest BCUT2D eigenvalue weighted by Gasteiger charge is -1.93. The second-order valence-electron chi connectivity index (χ2n) is 1.80. The Kier molecular flexibility index (Phi) is 2.53. The van der Waals surface area contributed by atoms with Crippen LogP contribution in [-0.4, -0.2) is 0 Å². The lowest BCUT2D eigenvalue weighted by Crippen LogP contribution is -1.73. The summed E-state index contributed by atoms with van der Waals surface area (Å²) < 4.78 is 1.99. The summed E-state index contributed by atoms with van der Waals surface area (Å²) in [6.07, 6.45) is 5.20. The highest BCUT2D eigenvalue weighted by molar-refractivity contribution is 9.11. The maximum Gasteiger partial charge on any atom is 0.0265 e. The van der Waals surface area contributed by atoms with E-state index >= 15 is 0 Å². The van der Waals surface area contributed by atoms with E-state index in [0.29, 0.717) is 0 Å². The van der Waals surface area contributed by atoms with Gasteiger partial charge in [-0.2, -0.15) is 0 Å². The van der Waals surface area contributed by atoms with E-state index in [1.54, 1.807) is 0 Å². The Morgan fingerprint density at radius 1 is 1.10 bits per heavy atom. The van der Waals surface area contributed by atoms with E-state index in [4.69, 9.17) is 6.42 Å². The average molecular weight is 260 g/mol. The predicted molar refractivity (Wildman–Crippen MR) is 49.8 cm³/mol. The third kappa shape index (κ3) is 1.86. The first kappa shape index (κ1) is 7.84. The number of hydrogen-bond acceptors (Lipinski definition) is 0. The molecule has 0 aromatic heterocycles. The van der Waals surface area contributed by atoms with Crippen LogP contribution < -0.4 is 0 Å². The lowest BCUT2D eigenvalue weighted by molar-refractivity contribution is 1.56. The molecular formula is C8H4Br2. The van der Waals surface area contributed by atoms with Gasteiger partial charge in [0.1, 0.15) is 0 Å². The van der Waals surface area contributed by atoms with Crippen molar-refractivity contribution in [2.75, 3.05) is 0 Å². The zero-order chi connectivity index (χ0) is 7.56. The normalized spacial score (nSPS) is 8.90. The smallest absolute Gasteiger partial charge is 0.0265 e. The molecular weight excluding hydrogens is 256 g/mol. The summed E-state index contributed by atoms with van der Waals surface area (Å²) >= 11 is 6.66. The fraction of sp³-hybridized carbons (Fsp3) is 0. The molecule has 0 aliphatic rings. The average Bonchev–Trinajstić information content (AvgIpc) is 1.85. The molecule has 0 aliphatic heterocycles. The van der Waals surface area contributed by atoms with Gasteiger partial charge in [-0.1, -0.05) is 37.8 Å². The zero-order valence-electron chi connectivity index (χ0n) is 5.07. The number of halogens is 2. The Morgan fingerprint density at radius 3 is 2.00 bits per heavy atom. The van der Waals surface area contributed by atoms with Crippen LogP contribution in [0.25, 0.3) is 0 Å². The first-order valence-corrected chi connectivity index (χ1v) is 4.23. The molecule has 0 N–H and O–H groups in total. The fourth-order valence-electron chi connectivity index (χ4n) is 0.637. The van der Waals surface area contributed by atoms with Crippen molar-refractivity contribution in [3.8, 4) is 12.3 Å². The van der Waals surface area contributed by atoms with Gasteiger partial charge < -0.3 is 0 Å².